The number of nitrogens with one attached hydrogen (secondary N) is 1. The molecule has 0 radical (unpaired) electrons. The average molecular weight is 228 g/mol. The number of aromatic nitrogens is 1. The molecule has 2 heterocycles. The summed E-state index contributed by atoms with van der Waals surface area (Å²) >= 11 is 0. The van der Waals surface area contributed by atoms with Crippen LogP contribution in [0.4, 0.5) is 0 Å². The summed E-state index contributed by atoms with van der Waals surface area (Å²) < 4.78 is 5.59. The van der Waals surface area contributed by atoms with Gasteiger partial charge in [-0.05, 0) is 24.6 Å². The first-order valence-corrected chi connectivity index (χ1v) is 5.96. The highest BCUT2D eigenvalue weighted by molar-refractivity contribution is 5.87. The third kappa shape index (κ3) is 1.67. The molecule has 1 aliphatic rings. The Hall–Kier alpha value is -1.61. The standard InChI is InChI=1S/C14H16N2O/c1-9-3-4-10-13(7-9)16-12-5-6-15-8-11(12)14(10)17-2/h3-4,7,15H,5-6,8H2,1-2H3. The predicted octanol–water partition coefficient (Wildman–Crippen LogP) is 2.20. The van der Waals surface area contributed by atoms with Crippen molar-refractivity contribution in [2.45, 2.75) is 19.9 Å². The van der Waals surface area contributed by atoms with Crippen LogP contribution < -0.4 is 10.1 Å². The van der Waals surface area contributed by atoms with Crippen LogP contribution in [0.2, 0.25) is 0 Å². The first kappa shape index (κ1) is 10.5. The molecule has 0 amide bonds. The van der Waals surface area contributed by atoms with Crippen LogP contribution in [0.25, 0.3) is 10.9 Å². The molecule has 0 saturated heterocycles. The van der Waals surface area contributed by atoms with Crippen LogP contribution >= 0.6 is 0 Å². The molecule has 88 valence electrons. The van der Waals surface area contributed by atoms with Crippen LogP contribution in [-0.4, -0.2) is 18.6 Å². The zero-order valence-electron chi connectivity index (χ0n) is 10.2. The summed E-state index contributed by atoms with van der Waals surface area (Å²) in [5.41, 5.74) is 4.68. The van der Waals surface area contributed by atoms with E-state index in [1.54, 1.807) is 7.11 Å². The van der Waals surface area contributed by atoms with E-state index in [-0.39, 0.29) is 0 Å². The minimum Gasteiger partial charge on any atom is -0.496 e. The SMILES string of the molecule is COc1c2c(nc3cc(C)ccc13)CCNC2. The summed E-state index contributed by atoms with van der Waals surface area (Å²) in [4.78, 5) is 4.77. The molecule has 0 atom stereocenters. The lowest BCUT2D eigenvalue weighted by Crippen LogP contribution is -2.25. The lowest BCUT2D eigenvalue weighted by Gasteiger charge is -2.20. The van der Waals surface area contributed by atoms with Crippen LogP contribution in [0.3, 0.4) is 0 Å². The smallest absolute Gasteiger partial charge is 0.134 e. The first-order valence-electron chi connectivity index (χ1n) is 5.96. The Labute approximate surface area is 101 Å². The second kappa shape index (κ2) is 4.00. The van der Waals surface area contributed by atoms with Crippen molar-refractivity contribution in [1.29, 1.82) is 0 Å². The molecule has 0 fully saturated rings. The lowest BCUT2D eigenvalue weighted by atomic mass is 10.0. The van der Waals surface area contributed by atoms with E-state index in [1.165, 1.54) is 16.8 Å². The van der Waals surface area contributed by atoms with Gasteiger partial charge in [-0.15, -0.1) is 0 Å². The van der Waals surface area contributed by atoms with Crippen molar-refractivity contribution in [1.82, 2.24) is 10.3 Å². The number of hydrogen-bond acceptors (Lipinski definition) is 3. The van der Waals surface area contributed by atoms with Crippen LogP contribution in [-0.2, 0) is 13.0 Å². The molecule has 0 spiro atoms. The second-order valence-corrected chi connectivity index (χ2v) is 4.52. The topological polar surface area (TPSA) is 34.1 Å². The minimum absolute atomic E-state index is 0.856. The van der Waals surface area contributed by atoms with E-state index < -0.39 is 0 Å². The summed E-state index contributed by atoms with van der Waals surface area (Å²) in [6.07, 6.45) is 0.982. The van der Waals surface area contributed by atoms with Crippen LogP contribution in [0.5, 0.6) is 5.75 Å². The quantitative estimate of drug-likeness (QED) is 0.812. The highest BCUT2D eigenvalue weighted by atomic mass is 16.5. The van der Waals surface area contributed by atoms with Gasteiger partial charge in [0.05, 0.1) is 18.3 Å². The number of benzene rings is 1. The van der Waals surface area contributed by atoms with Crippen LogP contribution in [0.1, 0.15) is 16.8 Å². The van der Waals surface area contributed by atoms with Crippen molar-refractivity contribution in [2.75, 3.05) is 13.7 Å². The monoisotopic (exact) mass is 228 g/mol. The average Bonchev–Trinajstić information content (AvgIpc) is 2.35. The van der Waals surface area contributed by atoms with Crippen molar-refractivity contribution in [2.24, 2.45) is 0 Å². The number of methoxy groups -OCH3 is 1. The van der Waals surface area contributed by atoms with Gasteiger partial charge in [0.15, 0.2) is 0 Å². The van der Waals surface area contributed by atoms with Crippen molar-refractivity contribution >= 4 is 10.9 Å². The summed E-state index contributed by atoms with van der Waals surface area (Å²) in [5.74, 6) is 0.984. The summed E-state index contributed by atoms with van der Waals surface area (Å²) in [6, 6.07) is 6.33. The van der Waals surface area contributed by atoms with Gasteiger partial charge in [-0.2, -0.15) is 0 Å². The highest BCUT2D eigenvalue weighted by Gasteiger charge is 2.18. The summed E-state index contributed by atoms with van der Waals surface area (Å²) in [6.45, 7) is 3.95. The van der Waals surface area contributed by atoms with Gasteiger partial charge in [0.25, 0.3) is 0 Å². The molecule has 1 aliphatic heterocycles. The van der Waals surface area contributed by atoms with Crippen LogP contribution in [0, 0.1) is 6.92 Å². The van der Waals surface area contributed by atoms with E-state index in [4.69, 9.17) is 9.72 Å². The maximum atomic E-state index is 5.59. The van der Waals surface area contributed by atoms with Crippen molar-refractivity contribution < 1.29 is 4.74 Å². The molecule has 0 aliphatic carbocycles. The van der Waals surface area contributed by atoms with Gasteiger partial charge in [0.2, 0.25) is 0 Å². The molecule has 0 bridgehead atoms. The molecule has 0 unspecified atom stereocenters. The number of nitrogens with zero attached hydrogens (tertiary/aromatic N) is 1. The van der Waals surface area contributed by atoms with Gasteiger partial charge >= 0.3 is 0 Å². The van der Waals surface area contributed by atoms with Crippen LogP contribution in [0.15, 0.2) is 18.2 Å². The maximum Gasteiger partial charge on any atom is 0.134 e. The molecule has 1 aromatic carbocycles. The molecule has 1 aromatic heterocycles. The largest absolute Gasteiger partial charge is 0.496 e. The molecule has 3 rings (SSSR count). The highest BCUT2D eigenvalue weighted by Crippen LogP contribution is 2.32. The third-order valence-electron chi connectivity index (χ3n) is 3.32. The van der Waals surface area contributed by atoms with Crippen molar-refractivity contribution in [3.8, 4) is 5.75 Å². The number of fused-ring (bicyclic) bond motifs is 2. The van der Waals surface area contributed by atoms with E-state index >= 15 is 0 Å². The fourth-order valence-electron chi connectivity index (χ4n) is 2.48. The van der Waals surface area contributed by atoms with Gasteiger partial charge in [-0.3, -0.25) is 4.98 Å². The molecule has 1 N–H and O–H groups in total. The molecular formula is C14H16N2O. The predicted molar refractivity (Wildman–Crippen MR) is 68.4 cm³/mol. The van der Waals surface area contributed by atoms with Crippen molar-refractivity contribution in [3.05, 3.63) is 35.0 Å². The Morgan fingerprint density at radius 2 is 2.24 bits per heavy atom. The van der Waals surface area contributed by atoms with Gasteiger partial charge in [0, 0.05) is 30.5 Å². The molecule has 3 nitrogen and oxygen atoms in total. The number of pyridine rings is 1. The number of ether oxygens (including phenoxy) is 1. The minimum atomic E-state index is 0.856. The van der Waals surface area contributed by atoms with Gasteiger partial charge in [-0.1, -0.05) is 6.07 Å². The number of aryl methyl sites for hydroxylation is 1. The maximum absolute atomic E-state index is 5.59. The number of rotatable bonds is 1. The zero-order chi connectivity index (χ0) is 11.8. The summed E-state index contributed by atoms with van der Waals surface area (Å²) in [5, 5.41) is 4.48. The van der Waals surface area contributed by atoms with Gasteiger partial charge in [0.1, 0.15) is 5.75 Å². The summed E-state index contributed by atoms with van der Waals surface area (Å²) in [7, 11) is 1.74. The van der Waals surface area contributed by atoms with E-state index in [1.807, 2.05) is 0 Å². The lowest BCUT2D eigenvalue weighted by molar-refractivity contribution is 0.409. The van der Waals surface area contributed by atoms with E-state index in [2.05, 4.69) is 30.4 Å². The molecule has 0 saturated carbocycles. The number of hydrogen-bond donors (Lipinski definition) is 1. The first-order chi connectivity index (χ1) is 8.29. The van der Waals surface area contributed by atoms with E-state index in [9.17, 15) is 0 Å². The van der Waals surface area contributed by atoms with Gasteiger partial charge < -0.3 is 10.1 Å². The van der Waals surface area contributed by atoms with E-state index in [0.29, 0.717) is 0 Å². The van der Waals surface area contributed by atoms with Gasteiger partial charge in [-0.25, -0.2) is 0 Å². The second-order valence-electron chi connectivity index (χ2n) is 4.52. The third-order valence-corrected chi connectivity index (χ3v) is 3.32. The van der Waals surface area contributed by atoms with Crippen molar-refractivity contribution in [3.63, 3.8) is 0 Å². The Bertz CT molecular complexity index is 578. The van der Waals surface area contributed by atoms with E-state index in [0.717, 1.165) is 36.2 Å². The normalized spacial score (nSPS) is 14.7. The zero-order valence-corrected chi connectivity index (χ0v) is 10.2. The Kier molecular flexibility index (Phi) is 2.48. The fourth-order valence-corrected chi connectivity index (χ4v) is 2.48. The Balaban J connectivity index is 2.34. The molecule has 3 heteroatoms. The molecular weight excluding hydrogens is 212 g/mol. The Morgan fingerprint density at radius 3 is 3.06 bits per heavy atom. The fraction of sp³-hybridized carbons (Fsp3) is 0.357. The Morgan fingerprint density at radius 1 is 1.35 bits per heavy atom. The molecule has 2 aromatic rings. The molecule has 17 heavy (non-hydrogen) atoms.